The van der Waals surface area contributed by atoms with Crippen molar-refractivity contribution in [2.24, 2.45) is 5.92 Å². The molecule has 1 aromatic carbocycles. The van der Waals surface area contributed by atoms with Crippen molar-refractivity contribution in [1.82, 2.24) is 4.90 Å². The number of nitrogens with one attached hydrogen (secondary N) is 1. The number of halogens is 1. The van der Waals surface area contributed by atoms with Gasteiger partial charge in [-0.15, -0.1) is 0 Å². The van der Waals surface area contributed by atoms with E-state index in [9.17, 15) is 4.79 Å². The van der Waals surface area contributed by atoms with Crippen LogP contribution in [0.25, 0.3) is 0 Å². The molecule has 1 atom stereocenters. The van der Waals surface area contributed by atoms with Gasteiger partial charge in [0.05, 0.1) is 5.56 Å². The zero-order valence-electron chi connectivity index (χ0n) is 11.7. The highest BCUT2D eigenvalue weighted by Gasteiger charge is 2.14. The number of carboxylic acid groups (broad SMARTS) is 1. The standard InChI is InChI=1S/C15H21BrN2O2/c1-11(10-18-6-2-3-7-18)9-17-12-4-5-13(15(19)20)14(16)8-12/h4-5,8,11,17H,2-3,6-7,9-10H2,1H3,(H,19,20). The first-order valence-electron chi connectivity index (χ1n) is 7.05. The summed E-state index contributed by atoms with van der Waals surface area (Å²) in [7, 11) is 0. The lowest BCUT2D eigenvalue weighted by Gasteiger charge is -2.21. The zero-order chi connectivity index (χ0) is 14.5. The van der Waals surface area contributed by atoms with E-state index in [0.29, 0.717) is 16.0 Å². The summed E-state index contributed by atoms with van der Waals surface area (Å²) in [6.07, 6.45) is 2.65. The van der Waals surface area contributed by atoms with E-state index in [1.165, 1.54) is 25.9 Å². The largest absolute Gasteiger partial charge is 0.478 e. The minimum atomic E-state index is -0.911. The fraction of sp³-hybridized carbons (Fsp3) is 0.533. The third-order valence-electron chi connectivity index (χ3n) is 3.62. The van der Waals surface area contributed by atoms with Gasteiger partial charge in [-0.2, -0.15) is 0 Å². The van der Waals surface area contributed by atoms with Crippen molar-refractivity contribution in [3.63, 3.8) is 0 Å². The second kappa shape index (κ2) is 7.09. The second-order valence-electron chi connectivity index (χ2n) is 5.49. The highest BCUT2D eigenvalue weighted by Crippen LogP contribution is 2.22. The number of carbonyl (C=O) groups is 1. The molecule has 1 heterocycles. The lowest BCUT2D eigenvalue weighted by Crippen LogP contribution is -2.28. The molecule has 1 aromatic rings. The summed E-state index contributed by atoms with van der Waals surface area (Å²) >= 11 is 3.30. The Hall–Kier alpha value is -1.07. The van der Waals surface area contributed by atoms with Crippen LogP contribution in [0.2, 0.25) is 0 Å². The van der Waals surface area contributed by atoms with Gasteiger partial charge in [0.2, 0.25) is 0 Å². The Balaban J connectivity index is 1.84. The molecule has 20 heavy (non-hydrogen) atoms. The molecular formula is C15H21BrN2O2. The molecule has 1 aliphatic rings. The Morgan fingerprint density at radius 1 is 1.45 bits per heavy atom. The predicted molar refractivity (Wildman–Crippen MR) is 84.4 cm³/mol. The van der Waals surface area contributed by atoms with E-state index in [1.807, 2.05) is 12.1 Å². The fourth-order valence-electron chi connectivity index (χ4n) is 2.56. The molecular weight excluding hydrogens is 320 g/mol. The zero-order valence-corrected chi connectivity index (χ0v) is 13.3. The Kier molecular flexibility index (Phi) is 5.43. The first-order chi connectivity index (χ1) is 9.56. The molecule has 1 aliphatic heterocycles. The van der Waals surface area contributed by atoms with Gasteiger partial charge in [-0.25, -0.2) is 4.79 Å². The van der Waals surface area contributed by atoms with Gasteiger partial charge in [0.15, 0.2) is 0 Å². The van der Waals surface area contributed by atoms with Gasteiger partial charge < -0.3 is 15.3 Å². The summed E-state index contributed by atoms with van der Waals surface area (Å²) in [5.41, 5.74) is 1.25. The Bertz CT molecular complexity index is 473. The maximum absolute atomic E-state index is 10.9. The van der Waals surface area contributed by atoms with Crippen LogP contribution in [0.5, 0.6) is 0 Å². The smallest absolute Gasteiger partial charge is 0.336 e. The van der Waals surface area contributed by atoms with E-state index >= 15 is 0 Å². The number of nitrogens with zero attached hydrogens (tertiary/aromatic N) is 1. The SMILES string of the molecule is CC(CNc1ccc(C(=O)O)c(Br)c1)CN1CCCC1. The number of benzene rings is 1. The van der Waals surface area contributed by atoms with Gasteiger partial charge in [0, 0.05) is 23.2 Å². The van der Waals surface area contributed by atoms with E-state index in [0.717, 1.165) is 18.8 Å². The summed E-state index contributed by atoms with van der Waals surface area (Å²) in [5.74, 6) is -0.336. The third kappa shape index (κ3) is 4.21. The Morgan fingerprint density at radius 3 is 2.75 bits per heavy atom. The monoisotopic (exact) mass is 340 g/mol. The van der Waals surface area contributed by atoms with Crippen LogP contribution < -0.4 is 5.32 Å². The third-order valence-corrected chi connectivity index (χ3v) is 4.28. The highest BCUT2D eigenvalue weighted by atomic mass is 79.9. The summed E-state index contributed by atoms with van der Waals surface area (Å²) < 4.78 is 0.613. The summed E-state index contributed by atoms with van der Waals surface area (Å²) in [6, 6.07) is 5.27. The molecule has 2 N–H and O–H groups in total. The van der Waals surface area contributed by atoms with Crippen LogP contribution in [0.1, 0.15) is 30.1 Å². The predicted octanol–water partition coefficient (Wildman–Crippen LogP) is 3.29. The quantitative estimate of drug-likeness (QED) is 0.834. The molecule has 0 aliphatic carbocycles. The normalized spacial score (nSPS) is 17.1. The first kappa shape index (κ1) is 15.3. The molecule has 1 unspecified atom stereocenters. The maximum atomic E-state index is 10.9. The minimum absolute atomic E-state index is 0.292. The minimum Gasteiger partial charge on any atom is -0.478 e. The van der Waals surface area contributed by atoms with Crippen LogP contribution >= 0.6 is 15.9 Å². The Labute approximate surface area is 128 Å². The molecule has 5 heteroatoms. The first-order valence-corrected chi connectivity index (χ1v) is 7.84. The summed E-state index contributed by atoms with van der Waals surface area (Å²) in [6.45, 7) is 6.72. The van der Waals surface area contributed by atoms with Crippen molar-refractivity contribution < 1.29 is 9.90 Å². The van der Waals surface area contributed by atoms with Crippen molar-refractivity contribution in [3.05, 3.63) is 28.2 Å². The maximum Gasteiger partial charge on any atom is 0.336 e. The number of likely N-dealkylation sites (tertiary alicyclic amines) is 1. The molecule has 110 valence electrons. The van der Waals surface area contributed by atoms with E-state index in [4.69, 9.17) is 5.11 Å². The average molecular weight is 341 g/mol. The highest BCUT2D eigenvalue weighted by molar-refractivity contribution is 9.10. The fourth-order valence-corrected chi connectivity index (χ4v) is 3.11. The van der Waals surface area contributed by atoms with Crippen LogP contribution in [0.15, 0.2) is 22.7 Å². The molecule has 0 bridgehead atoms. The second-order valence-corrected chi connectivity index (χ2v) is 6.35. The van der Waals surface area contributed by atoms with E-state index in [-0.39, 0.29) is 0 Å². The average Bonchev–Trinajstić information content (AvgIpc) is 2.89. The van der Waals surface area contributed by atoms with E-state index in [2.05, 4.69) is 33.1 Å². The van der Waals surface area contributed by atoms with Crippen LogP contribution in [0, 0.1) is 5.92 Å². The summed E-state index contributed by atoms with van der Waals surface area (Å²) in [5, 5.41) is 12.4. The molecule has 2 rings (SSSR count). The van der Waals surface area contributed by atoms with E-state index < -0.39 is 5.97 Å². The van der Waals surface area contributed by atoms with Crippen LogP contribution in [0.3, 0.4) is 0 Å². The number of anilines is 1. The van der Waals surface area contributed by atoms with Gasteiger partial charge in [-0.1, -0.05) is 6.92 Å². The van der Waals surface area contributed by atoms with Crippen molar-refractivity contribution in [2.75, 3.05) is 31.5 Å². The number of aromatic carboxylic acids is 1. The van der Waals surface area contributed by atoms with Crippen LogP contribution in [-0.2, 0) is 0 Å². The molecule has 0 aromatic heterocycles. The van der Waals surface area contributed by atoms with Crippen molar-refractivity contribution in [3.8, 4) is 0 Å². The van der Waals surface area contributed by atoms with Crippen molar-refractivity contribution >= 4 is 27.6 Å². The molecule has 4 nitrogen and oxygen atoms in total. The molecule has 1 fully saturated rings. The molecule has 0 spiro atoms. The topological polar surface area (TPSA) is 52.6 Å². The number of rotatable bonds is 6. The van der Waals surface area contributed by atoms with Crippen LogP contribution in [0.4, 0.5) is 5.69 Å². The van der Waals surface area contributed by atoms with Gasteiger partial charge in [-0.05, 0) is 66.0 Å². The lowest BCUT2D eigenvalue weighted by molar-refractivity contribution is 0.0696. The lowest BCUT2D eigenvalue weighted by atomic mass is 10.1. The number of carboxylic acids is 1. The van der Waals surface area contributed by atoms with Gasteiger partial charge in [0.1, 0.15) is 0 Å². The van der Waals surface area contributed by atoms with Gasteiger partial charge >= 0.3 is 5.97 Å². The van der Waals surface area contributed by atoms with Crippen molar-refractivity contribution in [1.29, 1.82) is 0 Å². The van der Waals surface area contributed by atoms with E-state index in [1.54, 1.807) is 6.07 Å². The van der Waals surface area contributed by atoms with Gasteiger partial charge in [-0.3, -0.25) is 0 Å². The summed E-state index contributed by atoms with van der Waals surface area (Å²) in [4.78, 5) is 13.4. The number of hydrogen-bond acceptors (Lipinski definition) is 3. The van der Waals surface area contributed by atoms with Gasteiger partial charge in [0.25, 0.3) is 0 Å². The molecule has 1 saturated heterocycles. The van der Waals surface area contributed by atoms with Crippen molar-refractivity contribution in [2.45, 2.75) is 19.8 Å². The van der Waals surface area contributed by atoms with Crippen LogP contribution in [-0.4, -0.2) is 42.2 Å². The molecule has 0 radical (unpaired) electrons. The molecule has 0 saturated carbocycles. The number of hydrogen-bond donors (Lipinski definition) is 2. The molecule has 0 amide bonds. The Morgan fingerprint density at radius 2 is 2.15 bits per heavy atom.